The van der Waals surface area contributed by atoms with Gasteiger partial charge in [0.05, 0.1) is 0 Å². The SMILES string of the molecule is OC(c1nc(Br)cs1)c1ccccc1F. The van der Waals surface area contributed by atoms with E-state index in [1.165, 1.54) is 17.4 Å². The average molecular weight is 288 g/mol. The van der Waals surface area contributed by atoms with Crippen LogP contribution in [0.4, 0.5) is 4.39 Å². The fraction of sp³-hybridized carbons (Fsp3) is 0.100. The smallest absolute Gasteiger partial charge is 0.133 e. The lowest BCUT2D eigenvalue weighted by atomic mass is 10.1. The van der Waals surface area contributed by atoms with Gasteiger partial charge < -0.3 is 5.11 Å². The topological polar surface area (TPSA) is 33.1 Å². The van der Waals surface area contributed by atoms with Crippen LogP contribution in [-0.2, 0) is 0 Å². The van der Waals surface area contributed by atoms with E-state index in [4.69, 9.17) is 0 Å². The summed E-state index contributed by atoms with van der Waals surface area (Å²) in [5, 5.41) is 12.1. The van der Waals surface area contributed by atoms with E-state index < -0.39 is 11.9 Å². The van der Waals surface area contributed by atoms with Crippen molar-refractivity contribution in [1.29, 1.82) is 0 Å². The second-order valence-electron chi connectivity index (χ2n) is 2.93. The minimum atomic E-state index is -0.998. The molecule has 1 unspecified atom stereocenters. The average Bonchev–Trinajstić information content (AvgIpc) is 2.65. The van der Waals surface area contributed by atoms with Gasteiger partial charge >= 0.3 is 0 Å². The number of aliphatic hydroxyl groups is 1. The largest absolute Gasteiger partial charge is 0.381 e. The monoisotopic (exact) mass is 287 g/mol. The van der Waals surface area contributed by atoms with Crippen molar-refractivity contribution >= 4 is 27.3 Å². The lowest BCUT2D eigenvalue weighted by Crippen LogP contribution is -2.01. The van der Waals surface area contributed by atoms with Crippen LogP contribution in [0.3, 0.4) is 0 Å². The fourth-order valence-electron chi connectivity index (χ4n) is 1.22. The number of rotatable bonds is 2. The number of benzene rings is 1. The van der Waals surface area contributed by atoms with Crippen LogP contribution in [0.5, 0.6) is 0 Å². The van der Waals surface area contributed by atoms with Gasteiger partial charge in [-0.05, 0) is 22.0 Å². The van der Waals surface area contributed by atoms with Crippen molar-refractivity contribution in [3.63, 3.8) is 0 Å². The molecule has 1 atom stereocenters. The number of thiazole rings is 1. The molecular weight excluding hydrogens is 281 g/mol. The second kappa shape index (κ2) is 4.38. The summed E-state index contributed by atoms with van der Waals surface area (Å²) >= 11 is 4.47. The summed E-state index contributed by atoms with van der Waals surface area (Å²) in [6.07, 6.45) is -0.998. The Hall–Kier alpha value is -0.780. The molecule has 1 aromatic carbocycles. The molecule has 0 radical (unpaired) electrons. The van der Waals surface area contributed by atoms with Crippen molar-refractivity contribution < 1.29 is 9.50 Å². The van der Waals surface area contributed by atoms with Crippen LogP contribution >= 0.6 is 27.3 Å². The van der Waals surface area contributed by atoms with Crippen LogP contribution in [0.25, 0.3) is 0 Å². The molecule has 2 nitrogen and oxygen atoms in total. The molecule has 0 aliphatic heterocycles. The van der Waals surface area contributed by atoms with Crippen LogP contribution in [-0.4, -0.2) is 10.1 Å². The quantitative estimate of drug-likeness (QED) is 0.921. The van der Waals surface area contributed by atoms with Gasteiger partial charge in [0.1, 0.15) is 21.5 Å². The van der Waals surface area contributed by atoms with E-state index in [0.29, 0.717) is 9.61 Å². The van der Waals surface area contributed by atoms with Crippen molar-refractivity contribution in [3.05, 3.63) is 50.6 Å². The first-order valence-corrected chi connectivity index (χ1v) is 5.89. The number of hydrogen-bond donors (Lipinski definition) is 1. The molecule has 1 N–H and O–H groups in total. The molecule has 1 aromatic heterocycles. The van der Waals surface area contributed by atoms with Gasteiger partial charge in [0.15, 0.2) is 0 Å². The molecule has 0 fully saturated rings. The lowest BCUT2D eigenvalue weighted by molar-refractivity contribution is 0.214. The van der Waals surface area contributed by atoms with Crippen LogP contribution < -0.4 is 0 Å². The molecule has 2 aromatic rings. The third-order valence-corrected chi connectivity index (χ3v) is 3.53. The normalized spacial score (nSPS) is 12.7. The first kappa shape index (κ1) is 10.7. The summed E-state index contributed by atoms with van der Waals surface area (Å²) in [5.41, 5.74) is 0.249. The molecule has 0 aliphatic rings. The highest BCUT2D eigenvalue weighted by Crippen LogP contribution is 2.27. The van der Waals surface area contributed by atoms with Gasteiger partial charge in [-0.2, -0.15) is 0 Å². The maximum Gasteiger partial charge on any atom is 0.133 e. The molecule has 0 spiro atoms. The standard InChI is InChI=1S/C10H7BrFNOS/c11-8-5-15-10(13-8)9(14)6-3-1-2-4-7(6)12/h1-5,9,14H. The van der Waals surface area contributed by atoms with E-state index in [1.807, 2.05) is 0 Å². The Balaban J connectivity index is 2.36. The molecule has 1 heterocycles. The van der Waals surface area contributed by atoms with E-state index >= 15 is 0 Å². The number of nitrogens with zero attached hydrogens (tertiary/aromatic N) is 1. The zero-order chi connectivity index (χ0) is 10.8. The highest BCUT2D eigenvalue weighted by Gasteiger charge is 2.17. The Kier molecular flexibility index (Phi) is 3.14. The predicted octanol–water partition coefficient (Wildman–Crippen LogP) is 3.13. The van der Waals surface area contributed by atoms with Crippen LogP contribution in [0.15, 0.2) is 34.2 Å². The fourth-order valence-corrected chi connectivity index (χ4v) is 2.49. The Labute approximate surface area is 98.5 Å². The van der Waals surface area contributed by atoms with Crippen LogP contribution in [0, 0.1) is 5.82 Å². The molecule has 5 heteroatoms. The number of hydrogen-bond acceptors (Lipinski definition) is 3. The Morgan fingerprint density at radius 3 is 2.73 bits per heavy atom. The summed E-state index contributed by atoms with van der Waals surface area (Å²) in [6.45, 7) is 0. The van der Waals surface area contributed by atoms with Crippen LogP contribution in [0.2, 0.25) is 0 Å². The number of aromatic nitrogens is 1. The Morgan fingerprint density at radius 1 is 1.40 bits per heavy atom. The van der Waals surface area contributed by atoms with E-state index in [1.54, 1.807) is 23.6 Å². The summed E-state index contributed by atoms with van der Waals surface area (Å²) in [6, 6.07) is 6.14. The maximum atomic E-state index is 13.3. The van der Waals surface area contributed by atoms with Crippen molar-refractivity contribution in [2.45, 2.75) is 6.10 Å². The Morgan fingerprint density at radius 2 is 2.13 bits per heavy atom. The van der Waals surface area contributed by atoms with E-state index in [9.17, 15) is 9.50 Å². The van der Waals surface area contributed by atoms with Gasteiger partial charge in [-0.25, -0.2) is 9.37 Å². The van der Waals surface area contributed by atoms with Gasteiger partial charge in [-0.15, -0.1) is 11.3 Å². The van der Waals surface area contributed by atoms with E-state index in [0.717, 1.165) is 0 Å². The molecular formula is C10H7BrFNOS. The highest BCUT2D eigenvalue weighted by molar-refractivity contribution is 9.10. The van der Waals surface area contributed by atoms with Gasteiger partial charge in [-0.3, -0.25) is 0 Å². The molecule has 0 saturated carbocycles. The van der Waals surface area contributed by atoms with E-state index in [-0.39, 0.29) is 5.56 Å². The summed E-state index contributed by atoms with van der Waals surface area (Å²) in [5.74, 6) is -0.420. The third kappa shape index (κ3) is 2.25. The molecule has 0 saturated heterocycles. The second-order valence-corrected chi connectivity index (χ2v) is 4.63. The molecule has 2 rings (SSSR count). The van der Waals surface area contributed by atoms with Gasteiger partial charge in [0.25, 0.3) is 0 Å². The first-order valence-electron chi connectivity index (χ1n) is 4.22. The first-order chi connectivity index (χ1) is 7.18. The van der Waals surface area contributed by atoms with Gasteiger partial charge in [-0.1, -0.05) is 18.2 Å². The summed E-state index contributed by atoms with van der Waals surface area (Å²) in [7, 11) is 0. The highest BCUT2D eigenvalue weighted by atomic mass is 79.9. The maximum absolute atomic E-state index is 13.3. The predicted molar refractivity (Wildman–Crippen MR) is 60.3 cm³/mol. The summed E-state index contributed by atoms with van der Waals surface area (Å²) in [4.78, 5) is 4.05. The number of aliphatic hydroxyl groups excluding tert-OH is 1. The molecule has 0 bridgehead atoms. The van der Waals surface area contributed by atoms with Crippen molar-refractivity contribution in [2.75, 3.05) is 0 Å². The minimum Gasteiger partial charge on any atom is -0.381 e. The van der Waals surface area contributed by atoms with Crippen molar-refractivity contribution in [3.8, 4) is 0 Å². The summed E-state index contributed by atoms with van der Waals surface area (Å²) < 4.78 is 14.0. The molecule has 15 heavy (non-hydrogen) atoms. The minimum absolute atomic E-state index is 0.249. The van der Waals surface area contributed by atoms with Crippen molar-refractivity contribution in [2.24, 2.45) is 0 Å². The third-order valence-electron chi connectivity index (χ3n) is 1.93. The lowest BCUT2D eigenvalue weighted by Gasteiger charge is -2.08. The molecule has 0 amide bonds. The van der Waals surface area contributed by atoms with Gasteiger partial charge in [0, 0.05) is 10.9 Å². The van der Waals surface area contributed by atoms with E-state index in [2.05, 4.69) is 20.9 Å². The zero-order valence-corrected chi connectivity index (χ0v) is 9.93. The Bertz CT molecular complexity index is 474. The molecule has 0 aliphatic carbocycles. The van der Waals surface area contributed by atoms with Gasteiger partial charge in [0.2, 0.25) is 0 Å². The van der Waals surface area contributed by atoms with Crippen molar-refractivity contribution in [1.82, 2.24) is 4.98 Å². The van der Waals surface area contributed by atoms with Crippen LogP contribution in [0.1, 0.15) is 16.7 Å². The number of halogens is 2. The zero-order valence-electron chi connectivity index (χ0n) is 7.52. The molecule has 78 valence electrons.